The van der Waals surface area contributed by atoms with E-state index < -0.39 is 5.97 Å². The number of nitrogens with one attached hydrogen (secondary N) is 4. The number of ether oxygens (including phenoxy) is 2. The van der Waals surface area contributed by atoms with Gasteiger partial charge in [-0.3, -0.25) is 24.0 Å². The van der Waals surface area contributed by atoms with Gasteiger partial charge in [-0.25, -0.2) is 29.7 Å². The number of aryl methyl sites for hydroxylation is 4. The molecule has 27 nitrogen and oxygen atoms in total. The first-order valence-corrected chi connectivity index (χ1v) is 50.1. The smallest absolute Gasteiger partial charge is 0.347 e. The summed E-state index contributed by atoms with van der Waals surface area (Å²) in [6, 6.07) is 55.2. The highest BCUT2D eigenvalue weighted by atomic mass is 32.1. The van der Waals surface area contributed by atoms with Crippen LogP contribution in [0, 0.1) is 20.8 Å². The number of aromatic hydroxyl groups is 4. The van der Waals surface area contributed by atoms with Crippen LogP contribution in [0.15, 0.2) is 252 Å². The molecule has 0 spiro atoms. The monoisotopic (exact) mass is 1950 g/mol. The molecule has 13 heterocycles. The molecule has 23 rings (SSSR count). The SMILES string of the molecule is CCc1cc2c(=O)c(-c3nc(C)cs3)coc2c(C[NH+]2CCCC2)c1O.COc1ccccc1C(=O)Oc1ccc2c(=O)c(-c3nc4ccccc4s3)coc2c1.Cc1oc2c(C[NH+]3CCCCCC3)c(O)ccc2c(=O)c1-c1nc2ccccc2s1.Cc1oc2c(C[NH+]3CC[NH+](C)CC3)c(O)ccc2c(=O)c1-c1nc2ccccc2s1.Nc1oc2cc(O)ccc2c(=O)c1-c1nc2ccccc2s1. The number of fused-ring (bicyclic) bond motifs is 9. The number of methoxy groups -OCH3 is 1. The van der Waals surface area contributed by atoms with E-state index in [9.17, 15) is 49.2 Å². The van der Waals surface area contributed by atoms with Gasteiger partial charge >= 0.3 is 5.97 Å². The van der Waals surface area contributed by atoms with Crippen LogP contribution in [0.25, 0.3) is 149 Å². The average Bonchev–Trinajstić information content (AvgIpc) is 1.76. The lowest BCUT2D eigenvalue weighted by atomic mass is 10.0. The molecular weight excluding hydrogens is 1860 g/mol. The summed E-state index contributed by atoms with van der Waals surface area (Å²) in [5.74, 6) is 1.89. The molecule has 3 aliphatic heterocycles. The van der Waals surface area contributed by atoms with E-state index in [2.05, 4.69) is 32.0 Å². The molecule has 0 bridgehead atoms. The molecule has 10 aromatic carbocycles. The first-order chi connectivity index (χ1) is 67.5. The standard InChI is InChI=1S/C24H24N2O3S.C24H15NO5S.C23H23N3O3S.C20H22N2O3S.C16H10N2O3S/c1-15-21(24-25-18-8-4-5-9-20(18)30-24)22(28)16-10-11-19(27)17(23(16)29-15)14-26-12-6-2-3-7-13-26;1-28-19-8-4-2-6-16(19)24(27)30-14-10-11-15-20(12-14)29-13-17(22(15)26)23-25-18-7-3-5-9-21(18)31-23;1-14-20(23-24-17-5-3-4-6-19(17)30-23)21(28)15-7-8-18(27)16(22(15)29-14)13-26-11-9-25(2)10-12-26;1-3-13-8-14-18(24)16(20-21-12(2)11-26-20)10-25-19(14)15(17(13)23)9-22-6-4-5-7-22;17-15-13(16-18-10-3-1-2-4-12(10)22-16)14(20)9-6-5-8(19)7-11(9)21-15/h4-5,8-11,27H,2-3,6-7,12-14H2,1H3;2-13H,1H3;3-8,27H,9-13H2,1-2H3;8,10-11,23H,3-7,9H2,1-2H3;1-7,19H,17H2/p+4. The predicted octanol–water partition coefficient (Wildman–Crippen LogP) is 16.4. The van der Waals surface area contributed by atoms with Crippen LogP contribution in [-0.2, 0) is 26.1 Å². The number of rotatable bonds is 15. The van der Waals surface area contributed by atoms with E-state index in [0.717, 1.165) is 121 Å². The van der Waals surface area contributed by atoms with Crippen LogP contribution in [0.3, 0.4) is 0 Å². The number of esters is 1. The second-order valence-corrected chi connectivity index (χ2v) is 39.8. The molecule has 3 saturated heterocycles. The van der Waals surface area contributed by atoms with Crippen LogP contribution < -0.4 is 62.0 Å². The normalized spacial score (nSPS) is 14.7. The molecule has 3 fully saturated rings. The van der Waals surface area contributed by atoms with E-state index in [4.69, 9.17) is 37.3 Å². The number of nitrogen functional groups attached to an aromatic ring is 1. The van der Waals surface area contributed by atoms with Gasteiger partial charge in [-0.15, -0.1) is 56.7 Å². The fourth-order valence-electron chi connectivity index (χ4n) is 18.1. The van der Waals surface area contributed by atoms with Crippen LogP contribution in [-0.4, -0.2) is 118 Å². The van der Waals surface area contributed by atoms with Gasteiger partial charge in [-0.05, 0) is 174 Å². The molecule has 10 aromatic heterocycles. The third kappa shape index (κ3) is 19.6. The molecule has 0 aliphatic carbocycles. The number of nitrogens with two attached hydrogens (primary N) is 1. The van der Waals surface area contributed by atoms with Crippen LogP contribution >= 0.6 is 56.7 Å². The maximum atomic E-state index is 13.5. The summed E-state index contributed by atoms with van der Waals surface area (Å²) >= 11 is 7.26. The number of hydrogen-bond donors (Lipinski definition) is 9. The molecule has 0 atom stereocenters. The molecule has 0 saturated carbocycles. The number of hydrogen-bond acceptors (Lipinski definition) is 28. The maximum Gasteiger partial charge on any atom is 0.347 e. The van der Waals surface area contributed by atoms with Crippen molar-refractivity contribution >= 4 is 164 Å². The zero-order valence-corrected chi connectivity index (χ0v) is 80.9. The molecular formula is C107H98N10O17S5+4. The van der Waals surface area contributed by atoms with Crippen molar-refractivity contribution in [1.29, 1.82) is 0 Å². The van der Waals surface area contributed by atoms with Crippen molar-refractivity contribution in [2.45, 2.75) is 92.3 Å². The van der Waals surface area contributed by atoms with Crippen LogP contribution in [0.4, 0.5) is 5.88 Å². The number of piperazine rings is 1. The summed E-state index contributed by atoms with van der Waals surface area (Å²) in [6.07, 6.45) is 10.9. The highest BCUT2D eigenvalue weighted by Gasteiger charge is 2.31. The Morgan fingerprint density at radius 1 is 0.439 bits per heavy atom. The first kappa shape index (κ1) is 93.6. The number of likely N-dealkylation sites (N-methyl/N-ethyl adjacent to an activating group) is 1. The van der Waals surface area contributed by atoms with E-state index >= 15 is 0 Å². The third-order valence-corrected chi connectivity index (χ3v) is 30.7. The van der Waals surface area contributed by atoms with Crippen LogP contribution in [0.1, 0.15) is 95.3 Å². The molecule has 10 N–H and O–H groups in total. The number of likely N-dealkylation sites (tertiary alicyclic amines) is 2. The summed E-state index contributed by atoms with van der Waals surface area (Å²) in [7, 11) is 3.69. The fourth-order valence-corrected chi connectivity index (χ4v) is 23.0. The second-order valence-electron chi connectivity index (χ2n) is 34.9. The fraction of sp³-hybridized carbons (Fsp3) is 0.224. The summed E-state index contributed by atoms with van der Waals surface area (Å²) in [5, 5.41) is 48.8. The number of nitrogens with zero attached hydrogens (tertiary/aromatic N) is 5. The maximum absolute atomic E-state index is 13.5. The molecule has 0 amide bonds. The van der Waals surface area contributed by atoms with E-state index in [0.29, 0.717) is 145 Å². The Morgan fingerprint density at radius 3 is 1.42 bits per heavy atom. The lowest BCUT2D eigenvalue weighted by Gasteiger charge is -2.27. The van der Waals surface area contributed by atoms with E-state index in [-0.39, 0.29) is 72.9 Å². The topological polar surface area (TPSA) is 376 Å². The van der Waals surface area contributed by atoms with Crippen molar-refractivity contribution in [1.82, 2.24) is 24.9 Å². The number of para-hydroxylation sites is 5. The zero-order chi connectivity index (χ0) is 96.4. The molecule has 20 aromatic rings. The third-order valence-electron chi connectivity index (χ3n) is 25.5. The second kappa shape index (κ2) is 40.7. The molecule has 0 radical (unpaired) electrons. The number of anilines is 1. The number of phenolic OH excluding ortho intramolecular Hbond substituents is 4. The highest BCUT2D eigenvalue weighted by Crippen LogP contribution is 2.41. The predicted molar refractivity (Wildman–Crippen MR) is 548 cm³/mol. The Bertz CT molecular complexity index is 8310. The molecule has 3 aliphatic rings. The number of thiazole rings is 5. The van der Waals surface area contributed by atoms with Crippen molar-refractivity contribution < 1.29 is 76.4 Å². The minimum atomic E-state index is -0.565. The van der Waals surface area contributed by atoms with Crippen molar-refractivity contribution in [3.8, 4) is 87.4 Å². The number of benzene rings is 10. The lowest BCUT2D eigenvalue weighted by Crippen LogP contribution is -3.26. The Labute approximate surface area is 813 Å². The highest BCUT2D eigenvalue weighted by molar-refractivity contribution is 7.22. The summed E-state index contributed by atoms with van der Waals surface area (Å²) < 4.78 is 44.2. The van der Waals surface area contributed by atoms with Crippen molar-refractivity contribution in [2.24, 2.45) is 0 Å². The molecule has 0 unspecified atom stereocenters. The van der Waals surface area contributed by atoms with Gasteiger partial charge in [0.05, 0.1) is 147 Å². The van der Waals surface area contributed by atoms with Crippen molar-refractivity contribution in [3.63, 3.8) is 0 Å². The number of carbonyl (C=O) groups excluding carboxylic acids is 1. The Morgan fingerprint density at radius 2 is 0.892 bits per heavy atom. The average molecular weight is 1960 g/mol. The summed E-state index contributed by atoms with van der Waals surface area (Å²) in [6.45, 7) is 18.2. The lowest BCUT2D eigenvalue weighted by molar-refractivity contribution is -1.01. The van der Waals surface area contributed by atoms with Crippen molar-refractivity contribution in [3.05, 3.63) is 302 Å². The number of phenols is 4. The van der Waals surface area contributed by atoms with Gasteiger partial charge in [0.25, 0.3) is 0 Å². The van der Waals surface area contributed by atoms with Crippen LogP contribution in [0.2, 0.25) is 0 Å². The van der Waals surface area contributed by atoms with Gasteiger partial charge in [0, 0.05) is 36.0 Å². The quantitative estimate of drug-likeness (QED) is 0.0340. The van der Waals surface area contributed by atoms with Gasteiger partial charge in [0.15, 0.2) is 11.2 Å². The van der Waals surface area contributed by atoms with Crippen molar-refractivity contribution in [2.75, 3.05) is 72.2 Å². The van der Waals surface area contributed by atoms with Crippen LogP contribution in [0.5, 0.6) is 34.5 Å². The van der Waals surface area contributed by atoms with E-state index in [1.807, 2.05) is 130 Å². The zero-order valence-electron chi connectivity index (χ0n) is 76.8. The minimum absolute atomic E-state index is 0.00200. The largest absolute Gasteiger partial charge is 0.508 e. The number of carbonyl (C=O) groups is 1. The molecule has 139 heavy (non-hydrogen) atoms. The Balaban J connectivity index is 0.000000111. The number of aromatic nitrogens is 5. The first-order valence-electron chi connectivity index (χ1n) is 46.0. The molecule has 32 heteroatoms. The van der Waals surface area contributed by atoms with Gasteiger partial charge in [-0.2, -0.15) is 0 Å². The Kier molecular flexibility index (Phi) is 27.4. The van der Waals surface area contributed by atoms with Gasteiger partial charge in [0.1, 0.15) is 157 Å². The van der Waals surface area contributed by atoms with E-state index in [1.54, 1.807) is 66.7 Å². The molecule has 704 valence electrons. The summed E-state index contributed by atoms with van der Waals surface area (Å²) in [4.78, 5) is 107. The number of quaternary nitrogens is 4. The van der Waals surface area contributed by atoms with Gasteiger partial charge in [0.2, 0.25) is 33.0 Å². The minimum Gasteiger partial charge on any atom is -0.508 e. The van der Waals surface area contributed by atoms with Gasteiger partial charge < -0.3 is 77.3 Å². The Hall–Kier alpha value is -14.5. The summed E-state index contributed by atoms with van der Waals surface area (Å²) in [5.41, 5.74) is 17.1. The van der Waals surface area contributed by atoms with E-state index in [1.165, 1.54) is 159 Å². The van der Waals surface area contributed by atoms with Gasteiger partial charge in [-0.1, -0.05) is 67.6 Å².